The Bertz CT molecular complexity index is 795. The lowest BCUT2D eigenvalue weighted by Gasteiger charge is -2.35. The van der Waals surface area contributed by atoms with Gasteiger partial charge in [-0.1, -0.05) is 29.3 Å². The van der Waals surface area contributed by atoms with Gasteiger partial charge in [-0.15, -0.1) is 0 Å². The first-order chi connectivity index (χ1) is 15.8. The average Bonchev–Trinajstić information content (AvgIpc) is 2.75. The van der Waals surface area contributed by atoms with Crippen molar-refractivity contribution in [1.82, 2.24) is 20.9 Å². The predicted octanol–water partition coefficient (Wildman–Crippen LogP) is 5.59. The third-order valence-corrected chi connectivity index (χ3v) is 6.02. The molecule has 1 amide bonds. The van der Waals surface area contributed by atoms with E-state index in [1.807, 2.05) is 73.5 Å². The van der Waals surface area contributed by atoms with E-state index in [1.54, 1.807) is 17.0 Å². The summed E-state index contributed by atoms with van der Waals surface area (Å²) in [6, 6.07) is 4.44. The highest BCUT2D eigenvalue weighted by atomic mass is 35.5. The van der Waals surface area contributed by atoms with Gasteiger partial charge in [0.1, 0.15) is 11.4 Å². The van der Waals surface area contributed by atoms with Crippen molar-refractivity contribution >= 4 is 23.4 Å². The van der Waals surface area contributed by atoms with Crippen molar-refractivity contribution in [2.75, 3.05) is 25.5 Å². The molecule has 34 heavy (non-hydrogen) atoms. The second-order valence-corrected chi connectivity index (χ2v) is 10.00. The number of amides is 1. The summed E-state index contributed by atoms with van der Waals surface area (Å²) in [6.07, 6.45) is 2.40. The second-order valence-electron chi connectivity index (χ2n) is 9.59. The number of hydrogen-bond donors (Lipinski definition) is 3. The van der Waals surface area contributed by atoms with Gasteiger partial charge in [0.25, 0.3) is 0 Å². The smallest absolute Gasteiger partial charge is 0.410 e. The fourth-order valence-corrected chi connectivity index (χ4v) is 3.53. The number of carbonyl (C=O) groups is 1. The van der Waals surface area contributed by atoms with Gasteiger partial charge in [-0.25, -0.2) is 19.6 Å². The summed E-state index contributed by atoms with van der Waals surface area (Å²) in [7, 11) is 1.92. The summed E-state index contributed by atoms with van der Waals surface area (Å²) < 4.78 is 19.8. The minimum Gasteiger partial charge on any atom is -0.444 e. The average molecular weight is 500 g/mol. The monoisotopic (exact) mass is 499 g/mol. The van der Waals surface area contributed by atoms with Crippen LogP contribution in [0.1, 0.15) is 61.8 Å². The van der Waals surface area contributed by atoms with Crippen LogP contribution in [0, 0.1) is 5.82 Å². The molecule has 0 spiro atoms. The lowest BCUT2D eigenvalue weighted by Crippen LogP contribution is -2.57. The van der Waals surface area contributed by atoms with Crippen molar-refractivity contribution < 1.29 is 13.9 Å². The van der Waals surface area contributed by atoms with Crippen LogP contribution < -0.4 is 16.3 Å². The number of nitrogens with zero attached hydrogens (tertiary/aromatic N) is 2. The first-order valence-corrected chi connectivity index (χ1v) is 12.2. The highest BCUT2D eigenvalue weighted by molar-refractivity contribution is 6.33. The molecule has 0 saturated carbocycles. The highest BCUT2D eigenvalue weighted by Crippen LogP contribution is 2.27. The lowest BCUT2D eigenvalue weighted by molar-refractivity contribution is 0.0138. The van der Waals surface area contributed by atoms with Crippen molar-refractivity contribution in [3.63, 3.8) is 0 Å². The molecule has 2 unspecified atom stereocenters. The Balaban J connectivity index is 2.66. The van der Waals surface area contributed by atoms with E-state index in [0.717, 1.165) is 12.0 Å². The number of hydrogen-bond acceptors (Lipinski definition) is 6. The zero-order valence-electron chi connectivity index (χ0n) is 22.1. The van der Waals surface area contributed by atoms with Crippen LogP contribution in [0.25, 0.3) is 0 Å². The number of halogens is 2. The number of nitrogens with one attached hydrogen (secondary N) is 3. The van der Waals surface area contributed by atoms with Crippen LogP contribution >= 0.6 is 11.6 Å². The molecule has 0 saturated heterocycles. The standard InChI is InChI=1S/C25H43ClFN5O2/c1-10-17(3)22(28-23-20(26)13-12-14-21(23)27)15-16-31(9)30-29-18(4)19(5)32(11-2)24(33)34-25(6,7)8/h10,12-14,18-19,22,28-30H,11,15-16H2,1-9H3/b17-10+/t18-,19?,22?/m0/s1. The van der Waals surface area contributed by atoms with E-state index >= 15 is 0 Å². The van der Waals surface area contributed by atoms with Crippen molar-refractivity contribution in [3.05, 3.63) is 40.7 Å². The first-order valence-electron chi connectivity index (χ1n) is 11.9. The minimum atomic E-state index is -0.540. The second kappa shape index (κ2) is 13.9. The van der Waals surface area contributed by atoms with Crippen LogP contribution in [0.4, 0.5) is 14.9 Å². The van der Waals surface area contributed by atoms with Gasteiger partial charge < -0.3 is 15.0 Å². The molecule has 0 radical (unpaired) electrons. The largest absolute Gasteiger partial charge is 0.444 e. The van der Waals surface area contributed by atoms with Crippen molar-refractivity contribution in [2.24, 2.45) is 0 Å². The van der Waals surface area contributed by atoms with Crippen molar-refractivity contribution in [3.8, 4) is 0 Å². The van der Waals surface area contributed by atoms with Crippen LogP contribution in [0.5, 0.6) is 0 Å². The van der Waals surface area contributed by atoms with Gasteiger partial charge in [-0.05, 0) is 73.9 Å². The van der Waals surface area contributed by atoms with Gasteiger partial charge >= 0.3 is 6.09 Å². The molecule has 0 aliphatic carbocycles. The number of carbonyl (C=O) groups excluding carboxylic acids is 1. The van der Waals surface area contributed by atoms with E-state index in [-0.39, 0.29) is 30.0 Å². The Morgan fingerprint density at radius 1 is 1.29 bits per heavy atom. The predicted molar refractivity (Wildman–Crippen MR) is 139 cm³/mol. The molecule has 1 aromatic rings. The van der Waals surface area contributed by atoms with Gasteiger partial charge in [0.05, 0.1) is 10.7 Å². The van der Waals surface area contributed by atoms with Gasteiger partial charge in [0, 0.05) is 38.3 Å². The molecule has 0 aliphatic rings. The summed E-state index contributed by atoms with van der Waals surface area (Å²) in [4.78, 5) is 14.2. The third-order valence-electron chi connectivity index (χ3n) is 5.71. The Hall–Kier alpha value is -1.87. The van der Waals surface area contributed by atoms with E-state index in [4.69, 9.17) is 16.3 Å². The molecule has 7 nitrogen and oxygen atoms in total. The fourth-order valence-electron chi connectivity index (χ4n) is 3.31. The molecule has 0 heterocycles. The van der Waals surface area contributed by atoms with E-state index < -0.39 is 5.60 Å². The van der Waals surface area contributed by atoms with Crippen molar-refractivity contribution in [1.29, 1.82) is 0 Å². The third kappa shape index (κ3) is 9.78. The number of anilines is 1. The Labute approximate surface area is 210 Å². The van der Waals surface area contributed by atoms with Gasteiger partial charge in [-0.3, -0.25) is 0 Å². The van der Waals surface area contributed by atoms with Gasteiger partial charge in [-0.2, -0.15) is 5.53 Å². The van der Waals surface area contributed by atoms with Crippen LogP contribution in [-0.4, -0.2) is 59.9 Å². The zero-order chi connectivity index (χ0) is 26.1. The number of hydrazine groups is 2. The fraction of sp³-hybridized carbons (Fsp3) is 0.640. The summed E-state index contributed by atoms with van der Waals surface area (Å²) in [6.45, 7) is 16.7. The molecule has 1 rings (SSSR count). The Kier molecular flexibility index (Phi) is 12.3. The maximum absolute atomic E-state index is 14.3. The van der Waals surface area contributed by atoms with Crippen LogP contribution in [0.3, 0.4) is 0 Å². The minimum absolute atomic E-state index is 0.0432. The molecule has 9 heteroatoms. The Morgan fingerprint density at radius 2 is 1.94 bits per heavy atom. The maximum atomic E-state index is 14.3. The molecule has 3 atom stereocenters. The zero-order valence-corrected chi connectivity index (χ0v) is 22.9. The first kappa shape index (κ1) is 30.2. The summed E-state index contributed by atoms with van der Waals surface area (Å²) in [5, 5.41) is 5.53. The highest BCUT2D eigenvalue weighted by Gasteiger charge is 2.28. The molecule has 3 N–H and O–H groups in total. The van der Waals surface area contributed by atoms with E-state index in [2.05, 4.69) is 16.3 Å². The quantitative estimate of drug-likeness (QED) is 0.257. The SMILES string of the molecule is C/C=C(\C)C(CCN(C)NN[C@@H](C)C(C)N(CC)C(=O)OC(C)(C)C)Nc1c(F)cccc1Cl. The summed E-state index contributed by atoms with van der Waals surface area (Å²) in [5.41, 5.74) is 7.31. The number of allylic oxidation sites excluding steroid dienone is 1. The molecular formula is C25H43ClFN5O2. The molecule has 194 valence electrons. The van der Waals surface area contributed by atoms with Crippen LogP contribution in [0.15, 0.2) is 29.8 Å². The van der Waals surface area contributed by atoms with Crippen molar-refractivity contribution in [2.45, 2.75) is 85.5 Å². The summed E-state index contributed by atoms with van der Waals surface area (Å²) >= 11 is 6.20. The van der Waals surface area contributed by atoms with E-state index in [9.17, 15) is 9.18 Å². The Morgan fingerprint density at radius 3 is 2.47 bits per heavy atom. The van der Waals surface area contributed by atoms with Crippen LogP contribution in [0.2, 0.25) is 5.02 Å². The molecule has 0 bridgehead atoms. The summed E-state index contributed by atoms with van der Waals surface area (Å²) in [5.74, 6) is -0.372. The maximum Gasteiger partial charge on any atom is 0.410 e. The molecule has 1 aromatic carbocycles. The lowest BCUT2D eigenvalue weighted by atomic mass is 10.0. The molecule has 0 aliphatic heterocycles. The number of ether oxygens (including phenoxy) is 1. The van der Waals surface area contributed by atoms with E-state index in [0.29, 0.717) is 23.8 Å². The van der Waals surface area contributed by atoms with Crippen LogP contribution in [-0.2, 0) is 4.74 Å². The van der Waals surface area contributed by atoms with Gasteiger partial charge in [0.15, 0.2) is 0 Å². The number of rotatable bonds is 12. The molecule has 0 aromatic heterocycles. The van der Waals surface area contributed by atoms with E-state index in [1.165, 1.54) is 6.07 Å². The van der Waals surface area contributed by atoms with Gasteiger partial charge in [0.2, 0.25) is 0 Å². The topological polar surface area (TPSA) is 68.9 Å². The number of para-hydroxylation sites is 1. The normalized spacial score (nSPS) is 15.1. The number of likely N-dealkylation sites (N-methyl/N-ethyl adjacent to an activating group) is 1. The molecular weight excluding hydrogens is 457 g/mol. The number of benzene rings is 1. The molecule has 0 fully saturated rings.